The molecule has 1 saturated heterocycles. The average molecular weight is 432 g/mol. The van der Waals surface area contributed by atoms with E-state index in [4.69, 9.17) is 14.5 Å². The molecule has 1 N–H and O–H groups in total. The number of anilines is 1. The molecule has 1 amide bonds. The van der Waals surface area contributed by atoms with Crippen LogP contribution in [0.5, 0.6) is 11.5 Å². The number of carbonyl (C=O) groups excluding carboxylic acids is 1. The molecular weight excluding hydrogens is 398 g/mol. The number of aromatic nitrogens is 1. The fourth-order valence-electron chi connectivity index (χ4n) is 3.74. The molecule has 1 fully saturated rings. The van der Waals surface area contributed by atoms with Gasteiger partial charge in [0.05, 0.1) is 32.1 Å². The van der Waals surface area contributed by atoms with Gasteiger partial charge in [-0.05, 0) is 56.3 Å². The maximum absolute atomic E-state index is 12.4. The Hall–Kier alpha value is -2.12. The van der Waals surface area contributed by atoms with Crippen molar-refractivity contribution in [3.8, 4) is 11.5 Å². The van der Waals surface area contributed by atoms with E-state index in [1.165, 1.54) is 10.7 Å². The quantitative estimate of drug-likeness (QED) is 0.611. The van der Waals surface area contributed by atoms with Gasteiger partial charge < -0.3 is 14.8 Å². The Kier molecular flexibility index (Phi) is 8.10. The predicted octanol–water partition coefficient (Wildman–Crippen LogP) is 4.91. The summed E-state index contributed by atoms with van der Waals surface area (Å²) in [6, 6.07) is 5.41. The van der Waals surface area contributed by atoms with Crippen LogP contribution in [0.4, 0.5) is 5.69 Å². The summed E-state index contributed by atoms with van der Waals surface area (Å²) >= 11 is 1.77. The van der Waals surface area contributed by atoms with Gasteiger partial charge in [-0.25, -0.2) is 4.98 Å². The normalized spacial score (nSPS) is 15.4. The number of nitrogens with one attached hydrogen (secondary N) is 1. The van der Waals surface area contributed by atoms with Crippen LogP contribution in [0.2, 0.25) is 0 Å². The number of thiazole rings is 1. The van der Waals surface area contributed by atoms with E-state index in [1.54, 1.807) is 31.6 Å². The summed E-state index contributed by atoms with van der Waals surface area (Å²) in [5, 5.41) is 6.36. The van der Waals surface area contributed by atoms with E-state index in [0.717, 1.165) is 38.9 Å². The number of methoxy groups -OCH3 is 2. The number of likely N-dealkylation sites (tertiary alicyclic amines) is 1. The number of amides is 1. The molecule has 30 heavy (non-hydrogen) atoms. The first-order chi connectivity index (χ1) is 14.5. The van der Waals surface area contributed by atoms with Crippen LogP contribution in [0.15, 0.2) is 23.6 Å². The number of nitrogens with zero attached hydrogens (tertiary/aromatic N) is 2. The van der Waals surface area contributed by atoms with Crippen molar-refractivity contribution in [3.63, 3.8) is 0 Å². The average Bonchev–Trinajstić information content (AvgIpc) is 3.22. The molecule has 0 aliphatic carbocycles. The number of hydrogen-bond acceptors (Lipinski definition) is 6. The highest BCUT2D eigenvalue weighted by Crippen LogP contribution is 2.30. The van der Waals surface area contributed by atoms with Gasteiger partial charge >= 0.3 is 0 Å². The van der Waals surface area contributed by atoms with Gasteiger partial charge in [-0.1, -0.05) is 13.8 Å². The summed E-state index contributed by atoms with van der Waals surface area (Å²) in [6.07, 6.45) is 3.74. The van der Waals surface area contributed by atoms with Gasteiger partial charge in [0.25, 0.3) is 0 Å². The third-order valence-corrected chi connectivity index (χ3v) is 6.54. The zero-order chi connectivity index (χ0) is 21.5. The molecule has 0 saturated carbocycles. The molecule has 0 radical (unpaired) electrons. The molecule has 1 aliphatic rings. The highest BCUT2D eigenvalue weighted by molar-refractivity contribution is 7.09. The Bertz CT molecular complexity index is 829. The zero-order valence-corrected chi connectivity index (χ0v) is 19.3. The van der Waals surface area contributed by atoms with Crippen molar-refractivity contribution in [1.29, 1.82) is 0 Å². The lowest BCUT2D eigenvalue weighted by Gasteiger charge is -2.31. The summed E-state index contributed by atoms with van der Waals surface area (Å²) in [7, 11) is 3.20. The molecule has 0 spiro atoms. The molecule has 7 heteroatoms. The van der Waals surface area contributed by atoms with Crippen LogP contribution in [0, 0.1) is 5.92 Å². The SMILES string of the molecule is COc1ccc(NC(=O)CCC2CCN(Cc3nc(C(C)C)cs3)CC2)c(OC)c1. The molecule has 0 bridgehead atoms. The third-order valence-electron chi connectivity index (χ3n) is 5.69. The lowest BCUT2D eigenvalue weighted by Crippen LogP contribution is -2.33. The first-order valence-corrected chi connectivity index (χ1v) is 11.5. The molecule has 1 aromatic carbocycles. The van der Waals surface area contributed by atoms with Crippen molar-refractivity contribution in [1.82, 2.24) is 9.88 Å². The van der Waals surface area contributed by atoms with Gasteiger partial charge in [0.15, 0.2) is 0 Å². The Labute approximate surface area is 183 Å². The van der Waals surface area contributed by atoms with E-state index in [2.05, 4.69) is 29.4 Å². The van der Waals surface area contributed by atoms with E-state index < -0.39 is 0 Å². The third kappa shape index (κ3) is 6.19. The Morgan fingerprint density at radius 2 is 2.03 bits per heavy atom. The molecule has 1 aromatic heterocycles. The number of rotatable bonds is 9. The molecule has 2 aromatic rings. The van der Waals surface area contributed by atoms with E-state index in [1.807, 2.05) is 12.1 Å². The van der Waals surface area contributed by atoms with E-state index in [9.17, 15) is 4.79 Å². The standard InChI is InChI=1S/C23H33N3O3S/c1-16(2)20-15-30-23(25-20)14-26-11-9-17(10-12-26)5-8-22(27)24-19-7-6-18(28-3)13-21(19)29-4/h6-7,13,15-17H,5,8-12,14H2,1-4H3,(H,24,27). The molecule has 0 atom stereocenters. The number of benzene rings is 1. The van der Waals surface area contributed by atoms with Crippen molar-refractivity contribution in [2.24, 2.45) is 5.92 Å². The maximum atomic E-state index is 12.4. The molecule has 6 nitrogen and oxygen atoms in total. The van der Waals surface area contributed by atoms with E-state index in [-0.39, 0.29) is 5.91 Å². The first-order valence-electron chi connectivity index (χ1n) is 10.7. The molecule has 2 heterocycles. The predicted molar refractivity (Wildman–Crippen MR) is 122 cm³/mol. The lowest BCUT2D eigenvalue weighted by atomic mass is 9.92. The summed E-state index contributed by atoms with van der Waals surface area (Å²) in [4.78, 5) is 19.7. The van der Waals surface area contributed by atoms with Crippen molar-refractivity contribution in [2.45, 2.75) is 52.0 Å². The van der Waals surface area contributed by atoms with Crippen molar-refractivity contribution < 1.29 is 14.3 Å². The van der Waals surface area contributed by atoms with Crippen molar-refractivity contribution in [3.05, 3.63) is 34.3 Å². The zero-order valence-electron chi connectivity index (χ0n) is 18.4. The number of carbonyl (C=O) groups is 1. The van der Waals surface area contributed by atoms with E-state index >= 15 is 0 Å². The summed E-state index contributed by atoms with van der Waals surface area (Å²) in [6.45, 7) is 7.47. The van der Waals surface area contributed by atoms with Crippen LogP contribution >= 0.6 is 11.3 Å². The highest BCUT2D eigenvalue weighted by Gasteiger charge is 2.21. The summed E-state index contributed by atoms with van der Waals surface area (Å²) in [5.41, 5.74) is 1.88. The van der Waals surface area contributed by atoms with Gasteiger partial charge in [-0.15, -0.1) is 11.3 Å². The summed E-state index contributed by atoms with van der Waals surface area (Å²) in [5.74, 6) is 2.44. The van der Waals surface area contributed by atoms with Crippen molar-refractivity contribution in [2.75, 3.05) is 32.6 Å². The molecule has 1 aliphatic heterocycles. The Morgan fingerprint density at radius 3 is 2.67 bits per heavy atom. The Balaban J connectivity index is 1.40. The van der Waals surface area contributed by atoms with Crippen LogP contribution < -0.4 is 14.8 Å². The molecular formula is C23H33N3O3S. The van der Waals surface area contributed by atoms with Gasteiger partial charge in [0.2, 0.25) is 5.91 Å². The van der Waals surface area contributed by atoms with Crippen molar-refractivity contribution >= 4 is 22.9 Å². The minimum Gasteiger partial charge on any atom is -0.497 e. The van der Waals surface area contributed by atoms with Crippen LogP contribution in [0.25, 0.3) is 0 Å². The second kappa shape index (κ2) is 10.8. The fraction of sp³-hybridized carbons (Fsp3) is 0.565. The van der Waals surface area contributed by atoms with Gasteiger partial charge in [-0.2, -0.15) is 0 Å². The first kappa shape index (κ1) is 22.6. The monoisotopic (exact) mass is 431 g/mol. The minimum absolute atomic E-state index is 0.0323. The minimum atomic E-state index is 0.0323. The number of piperidine rings is 1. The fourth-order valence-corrected chi connectivity index (χ4v) is 4.73. The lowest BCUT2D eigenvalue weighted by molar-refractivity contribution is -0.116. The largest absolute Gasteiger partial charge is 0.497 e. The smallest absolute Gasteiger partial charge is 0.224 e. The highest BCUT2D eigenvalue weighted by atomic mass is 32.1. The van der Waals surface area contributed by atoms with Crippen LogP contribution in [0.3, 0.4) is 0 Å². The van der Waals surface area contributed by atoms with Gasteiger partial charge in [0.1, 0.15) is 16.5 Å². The Morgan fingerprint density at radius 1 is 1.27 bits per heavy atom. The van der Waals surface area contributed by atoms with Gasteiger partial charge in [-0.3, -0.25) is 9.69 Å². The summed E-state index contributed by atoms with van der Waals surface area (Å²) < 4.78 is 10.6. The van der Waals surface area contributed by atoms with Gasteiger partial charge in [0, 0.05) is 17.9 Å². The topological polar surface area (TPSA) is 63.7 Å². The second-order valence-electron chi connectivity index (χ2n) is 8.19. The van der Waals surface area contributed by atoms with Crippen LogP contribution in [-0.4, -0.2) is 43.1 Å². The molecule has 164 valence electrons. The second-order valence-corrected chi connectivity index (χ2v) is 9.14. The van der Waals surface area contributed by atoms with E-state index in [0.29, 0.717) is 35.4 Å². The van der Waals surface area contributed by atoms with Crippen LogP contribution in [0.1, 0.15) is 56.2 Å². The number of ether oxygens (including phenoxy) is 2. The number of hydrogen-bond donors (Lipinski definition) is 1. The maximum Gasteiger partial charge on any atom is 0.224 e. The van der Waals surface area contributed by atoms with Crippen LogP contribution in [-0.2, 0) is 11.3 Å². The molecule has 0 unspecified atom stereocenters. The molecule has 3 rings (SSSR count).